The van der Waals surface area contributed by atoms with Gasteiger partial charge in [0.25, 0.3) is 0 Å². The number of rotatable bonds is 2. The van der Waals surface area contributed by atoms with Gasteiger partial charge in [0.1, 0.15) is 0 Å². The summed E-state index contributed by atoms with van der Waals surface area (Å²) in [6, 6.07) is -0.867. The molecule has 0 unspecified atom stereocenters. The molecule has 2 rings (SSSR count). The van der Waals surface area contributed by atoms with Crippen LogP contribution in [0.4, 0.5) is 13.2 Å². The van der Waals surface area contributed by atoms with Crippen molar-refractivity contribution in [2.24, 2.45) is 17.8 Å². The van der Waals surface area contributed by atoms with Gasteiger partial charge in [-0.3, -0.25) is 9.59 Å². The number of alkyl halides is 3. The Hall–Kier alpha value is -1.27. The molecule has 1 amide bonds. The molecule has 0 aromatic carbocycles. The summed E-state index contributed by atoms with van der Waals surface area (Å²) in [6.07, 6.45) is -2.72. The number of carboxylic acids is 1. The van der Waals surface area contributed by atoms with E-state index in [4.69, 9.17) is 5.11 Å². The van der Waals surface area contributed by atoms with Gasteiger partial charge in [0.15, 0.2) is 0 Å². The van der Waals surface area contributed by atoms with Crippen molar-refractivity contribution in [3.05, 3.63) is 0 Å². The van der Waals surface area contributed by atoms with Crippen LogP contribution in [0.1, 0.15) is 19.3 Å². The lowest BCUT2D eigenvalue weighted by molar-refractivity contribution is -0.179. The van der Waals surface area contributed by atoms with Gasteiger partial charge in [-0.1, -0.05) is 6.42 Å². The number of amides is 1. The normalized spacial score (nSPS) is 35.9. The maximum Gasteiger partial charge on any atom is 0.471 e. The van der Waals surface area contributed by atoms with Crippen LogP contribution < -0.4 is 5.32 Å². The van der Waals surface area contributed by atoms with Crippen LogP contribution in [0.15, 0.2) is 0 Å². The molecular weight excluding hydrogens is 239 g/mol. The number of carbonyl (C=O) groups is 2. The summed E-state index contributed by atoms with van der Waals surface area (Å²) in [7, 11) is 0. The lowest BCUT2D eigenvalue weighted by Gasteiger charge is -2.46. The Labute approximate surface area is 95.2 Å². The zero-order valence-corrected chi connectivity index (χ0v) is 8.83. The number of carboxylic acid groups (broad SMARTS) is 1. The minimum absolute atomic E-state index is 0.0777. The van der Waals surface area contributed by atoms with Gasteiger partial charge in [0.05, 0.1) is 5.92 Å². The van der Waals surface area contributed by atoms with E-state index in [1.54, 1.807) is 0 Å². The maximum atomic E-state index is 12.1. The quantitative estimate of drug-likeness (QED) is 0.774. The highest BCUT2D eigenvalue weighted by atomic mass is 19.4. The molecule has 4 atom stereocenters. The lowest BCUT2D eigenvalue weighted by Crippen LogP contribution is -2.62. The molecule has 0 heterocycles. The Morgan fingerprint density at radius 1 is 1.18 bits per heavy atom. The predicted molar refractivity (Wildman–Crippen MR) is 49.9 cm³/mol. The van der Waals surface area contributed by atoms with Crippen LogP contribution in [-0.2, 0) is 9.59 Å². The van der Waals surface area contributed by atoms with Crippen LogP contribution in [0, 0.1) is 17.8 Å². The molecule has 2 aliphatic carbocycles. The van der Waals surface area contributed by atoms with Crippen LogP contribution >= 0.6 is 0 Å². The van der Waals surface area contributed by atoms with E-state index in [-0.39, 0.29) is 11.8 Å². The van der Waals surface area contributed by atoms with E-state index in [1.165, 1.54) is 0 Å². The van der Waals surface area contributed by atoms with Gasteiger partial charge >= 0.3 is 18.1 Å². The number of carbonyl (C=O) groups excluding carboxylic acids is 1. The highest BCUT2D eigenvalue weighted by molar-refractivity contribution is 5.83. The van der Waals surface area contributed by atoms with Gasteiger partial charge in [-0.05, 0) is 24.7 Å². The SMILES string of the molecule is O=C(O)[C@H]1[C@H]2CCC[C@H]2[C@@H]1NC(=O)C(F)(F)F. The topological polar surface area (TPSA) is 66.4 Å². The molecule has 0 bridgehead atoms. The number of fused-ring (bicyclic) bond motifs is 1. The first-order valence-electron chi connectivity index (χ1n) is 5.43. The summed E-state index contributed by atoms with van der Waals surface area (Å²) in [5, 5.41) is 10.7. The van der Waals surface area contributed by atoms with Crippen molar-refractivity contribution in [3.8, 4) is 0 Å². The standard InChI is InChI=1S/C10H12F3NO3/c11-10(12,13)9(17)14-7-5-3-1-2-4(5)6(7)8(15)16/h4-7H,1-3H2,(H,14,17)(H,15,16)/t4-,5+,6-,7-/m0/s1. The molecule has 2 aliphatic rings. The molecule has 4 nitrogen and oxygen atoms in total. The zero-order chi connectivity index (χ0) is 12.8. The lowest BCUT2D eigenvalue weighted by atomic mass is 9.62. The summed E-state index contributed by atoms with van der Waals surface area (Å²) in [6.45, 7) is 0. The number of nitrogens with one attached hydrogen (secondary N) is 1. The van der Waals surface area contributed by atoms with Gasteiger partial charge in [0, 0.05) is 6.04 Å². The summed E-state index contributed by atoms with van der Waals surface area (Å²) in [5.41, 5.74) is 0. The first kappa shape index (κ1) is 12.2. The minimum atomic E-state index is -4.95. The molecule has 2 fully saturated rings. The second-order valence-corrected chi connectivity index (χ2v) is 4.62. The number of hydrogen-bond donors (Lipinski definition) is 2. The van der Waals surface area contributed by atoms with Crippen molar-refractivity contribution in [2.45, 2.75) is 31.5 Å². The summed E-state index contributed by atoms with van der Waals surface area (Å²) in [5.74, 6) is -4.22. The largest absolute Gasteiger partial charge is 0.481 e. The fraction of sp³-hybridized carbons (Fsp3) is 0.800. The van der Waals surface area contributed by atoms with Crippen molar-refractivity contribution in [1.82, 2.24) is 5.32 Å². The monoisotopic (exact) mass is 251 g/mol. The molecule has 0 aromatic rings. The van der Waals surface area contributed by atoms with Crippen LogP contribution in [0.2, 0.25) is 0 Å². The highest BCUT2D eigenvalue weighted by Crippen LogP contribution is 2.51. The Balaban J connectivity index is 2.05. The Morgan fingerprint density at radius 3 is 2.29 bits per heavy atom. The van der Waals surface area contributed by atoms with Crippen LogP contribution in [0.25, 0.3) is 0 Å². The molecule has 0 spiro atoms. The van der Waals surface area contributed by atoms with Gasteiger partial charge in [-0.25, -0.2) is 0 Å². The van der Waals surface area contributed by atoms with Crippen LogP contribution in [0.5, 0.6) is 0 Å². The summed E-state index contributed by atoms with van der Waals surface area (Å²) < 4.78 is 36.2. The zero-order valence-electron chi connectivity index (χ0n) is 8.83. The van der Waals surface area contributed by atoms with Gasteiger partial charge in [0.2, 0.25) is 0 Å². The first-order valence-corrected chi connectivity index (χ1v) is 5.43. The second-order valence-electron chi connectivity index (χ2n) is 4.62. The van der Waals surface area contributed by atoms with Crippen molar-refractivity contribution >= 4 is 11.9 Å². The highest BCUT2D eigenvalue weighted by Gasteiger charge is 2.57. The molecule has 2 N–H and O–H groups in total. The molecule has 0 saturated heterocycles. The van der Waals surface area contributed by atoms with E-state index >= 15 is 0 Å². The molecule has 7 heteroatoms. The van der Waals surface area contributed by atoms with E-state index in [2.05, 4.69) is 0 Å². The van der Waals surface area contributed by atoms with Crippen molar-refractivity contribution in [3.63, 3.8) is 0 Å². The third-order valence-electron chi connectivity index (χ3n) is 3.77. The van der Waals surface area contributed by atoms with Gasteiger partial charge in [-0.15, -0.1) is 0 Å². The van der Waals surface area contributed by atoms with Gasteiger partial charge in [-0.2, -0.15) is 13.2 Å². The number of hydrogen-bond acceptors (Lipinski definition) is 2. The smallest absolute Gasteiger partial charge is 0.471 e. The van der Waals surface area contributed by atoms with E-state index in [0.29, 0.717) is 6.42 Å². The molecule has 0 aromatic heterocycles. The van der Waals surface area contributed by atoms with E-state index < -0.39 is 30.0 Å². The first-order chi connectivity index (χ1) is 7.82. The predicted octanol–water partition coefficient (Wildman–Crippen LogP) is 1.16. The fourth-order valence-corrected chi connectivity index (χ4v) is 3.06. The molecule has 0 aliphatic heterocycles. The average Bonchev–Trinajstić information content (AvgIpc) is 2.55. The maximum absolute atomic E-state index is 12.1. The molecule has 0 radical (unpaired) electrons. The van der Waals surface area contributed by atoms with Gasteiger partial charge < -0.3 is 10.4 Å². The van der Waals surface area contributed by atoms with E-state index in [9.17, 15) is 22.8 Å². The van der Waals surface area contributed by atoms with Crippen LogP contribution in [0.3, 0.4) is 0 Å². The third kappa shape index (κ3) is 1.98. The molecular formula is C10H12F3NO3. The van der Waals surface area contributed by atoms with E-state index in [1.807, 2.05) is 5.32 Å². The van der Waals surface area contributed by atoms with E-state index in [0.717, 1.165) is 12.8 Å². The Kier molecular flexibility index (Phi) is 2.79. The number of aliphatic carboxylic acids is 1. The molecule has 96 valence electrons. The summed E-state index contributed by atoms with van der Waals surface area (Å²) >= 11 is 0. The van der Waals surface area contributed by atoms with Crippen molar-refractivity contribution < 1.29 is 27.9 Å². The van der Waals surface area contributed by atoms with Crippen molar-refractivity contribution in [2.75, 3.05) is 0 Å². The average molecular weight is 251 g/mol. The fourth-order valence-electron chi connectivity index (χ4n) is 3.06. The molecule has 17 heavy (non-hydrogen) atoms. The minimum Gasteiger partial charge on any atom is -0.481 e. The Bertz CT molecular complexity index is 355. The van der Waals surface area contributed by atoms with Crippen molar-refractivity contribution in [1.29, 1.82) is 0 Å². The Morgan fingerprint density at radius 2 is 1.76 bits per heavy atom. The van der Waals surface area contributed by atoms with Crippen LogP contribution in [-0.4, -0.2) is 29.2 Å². The second kappa shape index (κ2) is 3.89. The molecule has 2 saturated carbocycles. The third-order valence-corrected chi connectivity index (χ3v) is 3.77. The summed E-state index contributed by atoms with van der Waals surface area (Å²) in [4.78, 5) is 21.7. The number of halogens is 3.